The highest BCUT2D eigenvalue weighted by Gasteiger charge is 2.38. The lowest BCUT2D eigenvalue weighted by molar-refractivity contribution is 0.0673. The molecule has 5 rings (SSSR count). The number of oxazole rings is 1. The molecule has 1 aliphatic carbocycles. The van der Waals surface area contributed by atoms with E-state index < -0.39 is 0 Å². The highest BCUT2D eigenvalue weighted by Crippen LogP contribution is 2.47. The lowest BCUT2D eigenvalue weighted by Crippen LogP contribution is -2.27. The predicted octanol–water partition coefficient (Wildman–Crippen LogP) is 2.12. The van der Waals surface area contributed by atoms with Gasteiger partial charge in [0.2, 0.25) is 0 Å². The van der Waals surface area contributed by atoms with Crippen molar-refractivity contribution in [1.29, 1.82) is 0 Å². The first-order valence-electron chi connectivity index (χ1n) is 8.76. The second-order valence-electron chi connectivity index (χ2n) is 6.78. The van der Waals surface area contributed by atoms with Crippen LogP contribution in [0.3, 0.4) is 0 Å². The van der Waals surface area contributed by atoms with E-state index in [9.17, 15) is 4.79 Å². The summed E-state index contributed by atoms with van der Waals surface area (Å²) in [5, 5.41) is 4.98. The molecular formula is C17H19N5O3. The van der Waals surface area contributed by atoms with Gasteiger partial charge in [0.05, 0.1) is 18.4 Å². The third kappa shape index (κ3) is 2.39. The van der Waals surface area contributed by atoms with Gasteiger partial charge in [-0.05, 0) is 25.7 Å². The quantitative estimate of drug-likeness (QED) is 0.783. The van der Waals surface area contributed by atoms with Crippen molar-refractivity contribution in [3.8, 4) is 0 Å². The predicted molar refractivity (Wildman–Crippen MR) is 88.5 cm³/mol. The number of nitrogens with zero attached hydrogens (tertiary/aromatic N) is 4. The third-order valence-corrected chi connectivity index (χ3v) is 5.41. The van der Waals surface area contributed by atoms with Gasteiger partial charge in [0.25, 0.3) is 5.56 Å². The Morgan fingerprint density at radius 2 is 2.00 bits per heavy atom. The van der Waals surface area contributed by atoms with Crippen LogP contribution in [0.5, 0.6) is 0 Å². The van der Waals surface area contributed by atoms with E-state index in [4.69, 9.17) is 14.1 Å². The molecular weight excluding hydrogens is 322 g/mol. The summed E-state index contributed by atoms with van der Waals surface area (Å²) in [5.74, 6) is 1.74. The van der Waals surface area contributed by atoms with Crippen LogP contribution >= 0.6 is 0 Å². The monoisotopic (exact) mass is 341 g/mol. The first-order chi connectivity index (χ1) is 12.3. The molecule has 3 aromatic heterocycles. The van der Waals surface area contributed by atoms with E-state index >= 15 is 0 Å². The molecule has 3 aromatic rings. The summed E-state index contributed by atoms with van der Waals surface area (Å²) in [6.45, 7) is 1.44. The summed E-state index contributed by atoms with van der Waals surface area (Å²) >= 11 is 0. The number of H-pyrrole nitrogens is 1. The Kier molecular flexibility index (Phi) is 3.44. The van der Waals surface area contributed by atoms with Crippen molar-refractivity contribution >= 4 is 11.0 Å². The zero-order valence-electron chi connectivity index (χ0n) is 13.7. The maximum absolute atomic E-state index is 12.5. The lowest BCUT2D eigenvalue weighted by atomic mass is 9.73. The molecule has 4 heterocycles. The van der Waals surface area contributed by atoms with Crippen molar-refractivity contribution in [3.05, 3.63) is 40.7 Å². The average Bonchev–Trinajstić information content (AvgIpc) is 3.25. The number of ether oxygens (including phenoxy) is 1. The van der Waals surface area contributed by atoms with Crippen molar-refractivity contribution in [3.63, 3.8) is 0 Å². The number of fused-ring (bicyclic) bond motifs is 1. The second kappa shape index (κ2) is 5.80. The Bertz CT molecular complexity index is 939. The normalized spacial score (nSPS) is 24.5. The van der Waals surface area contributed by atoms with E-state index in [1.165, 1.54) is 0 Å². The number of hydrogen-bond acceptors (Lipinski definition) is 6. The third-order valence-electron chi connectivity index (χ3n) is 5.41. The first kappa shape index (κ1) is 14.8. The van der Waals surface area contributed by atoms with Crippen LogP contribution in [0.25, 0.3) is 11.0 Å². The molecule has 0 bridgehead atoms. The van der Waals surface area contributed by atoms with Gasteiger partial charge in [0.15, 0.2) is 11.5 Å². The number of rotatable bonds is 3. The van der Waals surface area contributed by atoms with Gasteiger partial charge >= 0.3 is 0 Å². The second-order valence-corrected chi connectivity index (χ2v) is 6.78. The van der Waals surface area contributed by atoms with Crippen LogP contribution in [-0.4, -0.2) is 37.9 Å². The van der Waals surface area contributed by atoms with Gasteiger partial charge in [-0.3, -0.25) is 4.79 Å². The molecule has 130 valence electrons. The first-order valence-corrected chi connectivity index (χ1v) is 8.76. The van der Waals surface area contributed by atoms with Gasteiger partial charge in [-0.2, -0.15) is 5.10 Å². The van der Waals surface area contributed by atoms with Crippen LogP contribution in [0.2, 0.25) is 0 Å². The fourth-order valence-electron chi connectivity index (χ4n) is 3.87. The summed E-state index contributed by atoms with van der Waals surface area (Å²) < 4.78 is 12.8. The Labute approximate surface area is 143 Å². The largest absolute Gasteiger partial charge is 0.449 e. The van der Waals surface area contributed by atoms with Crippen molar-refractivity contribution in [2.75, 3.05) is 13.2 Å². The molecule has 1 aliphatic heterocycles. The number of aromatic amines is 1. The van der Waals surface area contributed by atoms with Gasteiger partial charge in [0, 0.05) is 25.0 Å². The molecule has 25 heavy (non-hydrogen) atoms. The molecule has 1 saturated heterocycles. The standard InChI is InChI=1S/C17H19N5O3/c23-16-13-9-19-22(10-3-6-24-7-4-10)15(13)20-14(21-16)11-1-2-12(11)17-18-5-8-25-17/h5,8-12H,1-4,6-7H2,(H,20,21,23)/t11-,12-/m0/s1. The van der Waals surface area contributed by atoms with Gasteiger partial charge in [-0.25, -0.2) is 14.6 Å². The molecule has 8 heteroatoms. The van der Waals surface area contributed by atoms with Crippen molar-refractivity contribution in [1.82, 2.24) is 24.7 Å². The van der Waals surface area contributed by atoms with E-state index in [-0.39, 0.29) is 23.4 Å². The number of aromatic nitrogens is 5. The molecule has 0 amide bonds. The SMILES string of the molecule is O=c1[nH]c([C@H]2CC[C@@H]2c2ncco2)nc2c1cnn2C1CCOCC1. The Morgan fingerprint density at radius 3 is 2.72 bits per heavy atom. The van der Waals surface area contributed by atoms with Crippen molar-refractivity contribution in [2.45, 2.75) is 43.6 Å². The maximum Gasteiger partial charge on any atom is 0.262 e. The topological polar surface area (TPSA) is 98.8 Å². The fraction of sp³-hybridized carbons (Fsp3) is 0.529. The van der Waals surface area contributed by atoms with Crippen LogP contribution in [0.1, 0.15) is 55.3 Å². The Balaban J connectivity index is 1.54. The Hall–Kier alpha value is -2.48. The molecule has 0 aromatic carbocycles. The van der Waals surface area contributed by atoms with Gasteiger partial charge in [-0.1, -0.05) is 0 Å². The molecule has 2 atom stereocenters. The molecule has 0 radical (unpaired) electrons. The summed E-state index contributed by atoms with van der Waals surface area (Å²) in [6, 6.07) is 0.234. The Morgan fingerprint density at radius 1 is 1.16 bits per heavy atom. The van der Waals surface area contributed by atoms with E-state index in [0.717, 1.165) is 44.8 Å². The maximum atomic E-state index is 12.5. The highest BCUT2D eigenvalue weighted by molar-refractivity contribution is 5.73. The van der Waals surface area contributed by atoms with E-state index in [1.807, 2.05) is 4.68 Å². The van der Waals surface area contributed by atoms with Crippen LogP contribution in [0, 0.1) is 0 Å². The molecule has 8 nitrogen and oxygen atoms in total. The number of hydrogen-bond donors (Lipinski definition) is 1. The average molecular weight is 341 g/mol. The molecule has 2 aliphatic rings. The minimum absolute atomic E-state index is 0.128. The van der Waals surface area contributed by atoms with Crippen molar-refractivity contribution < 1.29 is 9.15 Å². The highest BCUT2D eigenvalue weighted by atomic mass is 16.5. The van der Waals surface area contributed by atoms with E-state index in [1.54, 1.807) is 18.7 Å². The van der Waals surface area contributed by atoms with Crippen LogP contribution < -0.4 is 5.56 Å². The molecule has 0 unspecified atom stereocenters. The fourth-order valence-corrected chi connectivity index (χ4v) is 3.87. The minimum Gasteiger partial charge on any atom is -0.449 e. The molecule has 1 saturated carbocycles. The summed E-state index contributed by atoms with van der Waals surface area (Å²) in [6.07, 6.45) is 8.60. The molecule has 0 spiro atoms. The number of nitrogens with one attached hydrogen (secondary N) is 1. The van der Waals surface area contributed by atoms with Gasteiger partial charge < -0.3 is 14.1 Å². The van der Waals surface area contributed by atoms with Gasteiger partial charge in [-0.15, -0.1) is 0 Å². The zero-order chi connectivity index (χ0) is 16.8. The zero-order valence-corrected chi connectivity index (χ0v) is 13.7. The van der Waals surface area contributed by atoms with Gasteiger partial charge in [0.1, 0.15) is 17.5 Å². The van der Waals surface area contributed by atoms with E-state index in [2.05, 4.69) is 15.1 Å². The summed E-state index contributed by atoms with van der Waals surface area (Å²) in [4.78, 5) is 24.5. The smallest absolute Gasteiger partial charge is 0.262 e. The molecule has 1 N–H and O–H groups in total. The van der Waals surface area contributed by atoms with E-state index in [0.29, 0.717) is 16.9 Å². The molecule has 2 fully saturated rings. The van der Waals surface area contributed by atoms with Crippen LogP contribution in [0.4, 0.5) is 0 Å². The van der Waals surface area contributed by atoms with Crippen molar-refractivity contribution in [2.24, 2.45) is 0 Å². The summed E-state index contributed by atoms with van der Waals surface area (Å²) in [7, 11) is 0. The summed E-state index contributed by atoms with van der Waals surface area (Å²) in [5.41, 5.74) is 0.542. The lowest BCUT2D eigenvalue weighted by Gasteiger charge is -2.33. The van der Waals surface area contributed by atoms with Crippen LogP contribution in [0.15, 0.2) is 27.9 Å². The van der Waals surface area contributed by atoms with Crippen LogP contribution in [-0.2, 0) is 4.74 Å². The minimum atomic E-state index is -0.128.